The second-order valence-electron chi connectivity index (χ2n) is 7.35. The molecule has 1 amide bonds. The number of hydrogen-bond donors (Lipinski definition) is 2. The van der Waals surface area contributed by atoms with Crippen molar-refractivity contribution in [2.75, 3.05) is 13.2 Å². The normalized spacial score (nSPS) is 14.8. The Bertz CT molecular complexity index is 993. The smallest absolute Gasteiger partial charge is 0.241 e. The standard InChI is InChI=1S/C21H25FN2O5S/c1-14(2)20(21(25)23-13-15-4-6-16(22)7-5-15)24-30(26,27)17-8-9-18-19(12-17)29-11-3-10-28-18/h4-9,12,14,20,24H,3,10-11,13H2,1-2H3,(H,23,25)/t20-/m1/s1. The number of sulfonamides is 1. The van der Waals surface area contributed by atoms with Gasteiger partial charge in [0.25, 0.3) is 0 Å². The summed E-state index contributed by atoms with van der Waals surface area (Å²) >= 11 is 0. The van der Waals surface area contributed by atoms with Crippen molar-refractivity contribution < 1.29 is 27.1 Å². The van der Waals surface area contributed by atoms with Crippen molar-refractivity contribution in [3.05, 3.63) is 53.8 Å². The zero-order valence-corrected chi connectivity index (χ0v) is 17.7. The van der Waals surface area contributed by atoms with Crippen LogP contribution >= 0.6 is 0 Å². The second-order valence-corrected chi connectivity index (χ2v) is 9.06. The minimum absolute atomic E-state index is 0.0104. The lowest BCUT2D eigenvalue weighted by Gasteiger charge is -2.22. The predicted molar refractivity (Wildman–Crippen MR) is 109 cm³/mol. The molecule has 0 saturated heterocycles. The van der Waals surface area contributed by atoms with E-state index in [1.807, 2.05) is 0 Å². The van der Waals surface area contributed by atoms with Crippen molar-refractivity contribution in [2.24, 2.45) is 5.92 Å². The molecule has 30 heavy (non-hydrogen) atoms. The number of fused-ring (bicyclic) bond motifs is 1. The van der Waals surface area contributed by atoms with Gasteiger partial charge in [0, 0.05) is 19.0 Å². The highest BCUT2D eigenvalue weighted by Gasteiger charge is 2.29. The van der Waals surface area contributed by atoms with Crippen molar-refractivity contribution in [1.82, 2.24) is 10.0 Å². The Kier molecular flexibility index (Phi) is 6.94. The highest BCUT2D eigenvalue weighted by Crippen LogP contribution is 2.32. The minimum Gasteiger partial charge on any atom is -0.490 e. The summed E-state index contributed by atoms with van der Waals surface area (Å²) in [6.07, 6.45) is 0.707. The molecular formula is C21H25FN2O5S. The highest BCUT2D eigenvalue weighted by molar-refractivity contribution is 7.89. The van der Waals surface area contributed by atoms with Crippen molar-refractivity contribution in [3.63, 3.8) is 0 Å². The number of ether oxygens (including phenoxy) is 2. The van der Waals surface area contributed by atoms with Crippen molar-refractivity contribution in [3.8, 4) is 11.5 Å². The van der Waals surface area contributed by atoms with Crippen molar-refractivity contribution in [2.45, 2.75) is 37.8 Å². The third kappa shape index (κ3) is 5.48. The van der Waals surface area contributed by atoms with Crippen LogP contribution in [0.3, 0.4) is 0 Å². The lowest BCUT2D eigenvalue weighted by molar-refractivity contribution is -0.123. The van der Waals surface area contributed by atoms with E-state index in [1.165, 1.54) is 24.3 Å². The molecule has 1 aliphatic heterocycles. The van der Waals surface area contributed by atoms with Crippen LogP contribution in [0, 0.1) is 11.7 Å². The first kappa shape index (κ1) is 22.0. The number of halogens is 1. The maximum Gasteiger partial charge on any atom is 0.241 e. The molecular weight excluding hydrogens is 411 g/mol. The van der Waals surface area contributed by atoms with E-state index in [4.69, 9.17) is 9.47 Å². The number of rotatable bonds is 7. The minimum atomic E-state index is -3.98. The zero-order valence-electron chi connectivity index (χ0n) is 16.9. The first-order chi connectivity index (χ1) is 14.3. The van der Waals surface area contributed by atoms with Crippen molar-refractivity contribution >= 4 is 15.9 Å². The van der Waals surface area contributed by atoms with E-state index in [-0.39, 0.29) is 23.2 Å². The Balaban J connectivity index is 1.72. The molecule has 0 aromatic heterocycles. The summed E-state index contributed by atoms with van der Waals surface area (Å²) in [5.41, 5.74) is 0.706. The van der Waals surface area contributed by atoms with Crippen LogP contribution in [-0.4, -0.2) is 33.6 Å². The van der Waals surface area contributed by atoms with Crippen LogP contribution in [0.15, 0.2) is 47.4 Å². The molecule has 3 rings (SSSR count). The molecule has 9 heteroatoms. The Morgan fingerprint density at radius 2 is 1.73 bits per heavy atom. The zero-order chi connectivity index (χ0) is 21.7. The third-order valence-electron chi connectivity index (χ3n) is 4.64. The predicted octanol–water partition coefficient (Wildman–Crippen LogP) is 2.61. The van der Waals surface area contributed by atoms with E-state index in [1.54, 1.807) is 32.0 Å². The summed E-state index contributed by atoms with van der Waals surface area (Å²) in [7, 11) is -3.98. The lowest BCUT2D eigenvalue weighted by atomic mass is 10.0. The van der Waals surface area contributed by atoms with Gasteiger partial charge in [0.15, 0.2) is 11.5 Å². The first-order valence-electron chi connectivity index (χ1n) is 9.70. The molecule has 1 heterocycles. The topological polar surface area (TPSA) is 93.7 Å². The number of carbonyl (C=O) groups is 1. The Hall–Kier alpha value is -2.65. The van der Waals surface area contributed by atoms with Gasteiger partial charge in [-0.05, 0) is 35.7 Å². The Labute approximate surface area is 175 Å². The van der Waals surface area contributed by atoms with Gasteiger partial charge in [-0.3, -0.25) is 4.79 Å². The van der Waals surface area contributed by atoms with Gasteiger partial charge < -0.3 is 14.8 Å². The van der Waals surface area contributed by atoms with Crippen LogP contribution in [0.1, 0.15) is 25.8 Å². The summed E-state index contributed by atoms with van der Waals surface area (Å²) in [4.78, 5) is 12.6. The van der Waals surface area contributed by atoms with Crippen LogP contribution in [0.4, 0.5) is 4.39 Å². The maximum atomic E-state index is 13.0. The molecule has 0 unspecified atom stereocenters. The molecule has 2 N–H and O–H groups in total. The largest absolute Gasteiger partial charge is 0.490 e. The molecule has 2 aromatic carbocycles. The van der Waals surface area contributed by atoms with E-state index >= 15 is 0 Å². The van der Waals surface area contributed by atoms with Gasteiger partial charge in [-0.2, -0.15) is 4.72 Å². The number of carbonyl (C=O) groups excluding carboxylic acids is 1. The summed E-state index contributed by atoms with van der Waals surface area (Å²) in [5, 5.41) is 2.70. The molecule has 0 aliphatic carbocycles. The quantitative estimate of drug-likeness (QED) is 0.696. The number of amides is 1. The van der Waals surface area contributed by atoms with E-state index in [9.17, 15) is 17.6 Å². The van der Waals surface area contributed by atoms with Gasteiger partial charge >= 0.3 is 0 Å². The van der Waals surface area contributed by atoms with E-state index in [0.717, 1.165) is 0 Å². The average Bonchev–Trinajstić information content (AvgIpc) is 2.96. The van der Waals surface area contributed by atoms with E-state index < -0.39 is 22.0 Å². The third-order valence-corrected chi connectivity index (χ3v) is 6.08. The lowest BCUT2D eigenvalue weighted by Crippen LogP contribution is -2.49. The van der Waals surface area contributed by atoms with Crippen LogP contribution in [0.25, 0.3) is 0 Å². The molecule has 0 fully saturated rings. The van der Waals surface area contributed by atoms with Gasteiger partial charge in [-0.25, -0.2) is 12.8 Å². The second kappa shape index (κ2) is 9.44. The molecule has 1 atom stereocenters. The maximum absolute atomic E-state index is 13.0. The summed E-state index contributed by atoms with van der Waals surface area (Å²) in [5.74, 6) is -0.283. The number of nitrogens with one attached hydrogen (secondary N) is 2. The van der Waals surface area contributed by atoms with Crippen LogP contribution < -0.4 is 19.5 Å². The Morgan fingerprint density at radius 1 is 1.07 bits per heavy atom. The monoisotopic (exact) mass is 436 g/mol. The molecule has 0 saturated carbocycles. The van der Waals surface area contributed by atoms with E-state index in [2.05, 4.69) is 10.0 Å². The molecule has 1 aliphatic rings. The molecule has 0 bridgehead atoms. The van der Waals surface area contributed by atoms with Crippen LogP contribution in [-0.2, 0) is 21.4 Å². The fourth-order valence-corrected chi connectivity index (χ4v) is 4.30. The molecule has 7 nitrogen and oxygen atoms in total. The van der Waals surface area contributed by atoms with Gasteiger partial charge in [0.2, 0.25) is 15.9 Å². The van der Waals surface area contributed by atoms with Gasteiger partial charge in [0.1, 0.15) is 11.9 Å². The fourth-order valence-electron chi connectivity index (χ4n) is 2.94. The summed E-state index contributed by atoms with van der Waals surface area (Å²) < 4.78 is 52.4. The van der Waals surface area contributed by atoms with Crippen LogP contribution in [0.2, 0.25) is 0 Å². The van der Waals surface area contributed by atoms with Gasteiger partial charge in [-0.1, -0.05) is 26.0 Å². The van der Waals surface area contributed by atoms with Gasteiger partial charge in [-0.15, -0.1) is 0 Å². The molecule has 0 radical (unpaired) electrons. The van der Waals surface area contributed by atoms with Crippen molar-refractivity contribution in [1.29, 1.82) is 0 Å². The van der Waals surface area contributed by atoms with Gasteiger partial charge in [0.05, 0.1) is 18.1 Å². The molecule has 0 spiro atoms. The number of benzene rings is 2. The molecule has 2 aromatic rings. The summed E-state index contributed by atoms with van der Waals surface area (Å²) in [6.45, 7) is 4.59. The first-order valence-corrected chi connectivity index (χ1v) is 11.2. The van der Waals surface area contributed by atoms with Crippen LogP contribution in [0.5, 0.6) is 11.5 Å². The summed E-state index contributed by atoms with van der Waals surface area (Å²) in [6, 6.07) is 9.10. The SMILES string of the molecule is CC(C)[C@@H](NS(=O)(=O)c1ccc2c(c1)OCCCO2)C(=O)NCc1ccc(F)cc1. The average molecular weight is 437 g/mol. The molecule has 162 valence electrons. The fraction of sp³-hybridized carbons (Fsp3) is 0.381. The highest BCUT2D eigenvalue weighted by atomic mass is 32.2. The van der Waals surface area contributed by atoms with E-state index in [0.29, 0.717) is 36.7 Å². The Morgan fingerprint density at radius 3 is 2.40 bits per heavy atom. The number of hydrogen-bond acceptors (Lipinski definition) is 5.